The summed E-state index contributed by atoms with van der Waals surface area (Å²) in [7, 11) is 0. The zero-order valence-corrected chi connectivity index (χ0v) is 12.2. The van der Waals surface area contributed by atoms with Crippen LogP contribution in [0.2, 0.25) is 0 Å². The number of rotatable bonds is 2. The lowest BCUT2D eigenvalue weighted by Gasteiger charge is -1.98. The third-order valence-corrected chi connectivity index (χ3v) is 3.51. The molecule has 0 aliphatic heterocycles. The summed E-state index contributed by atoms with van der Waals surface area (Å²) < 4.78 is 6.98. The molecule has 0 aliphatic rings. The van der Waals surface area contributed by atoms with Crippen LogP contribution in [0, 0.1) is 3.57 Å². The highest BCUT2D eigenvalue weighted by molar-refractivity contribution is 14.1. The SMILES string of the molecule is Nc1ccc(-c2ncc(-c3ccc(I)cc3)o2)cc1. The van der Waals surface area contributed by atoms with Crippen molar-refractivity contribution in [3.05, 3.63) is 58.3 Å². The van der Waals surface area contributed by atoms with Crippen LogP contribution in [-0.4, -0.2) is 4.98 Å². The van der Waals surface area contributed by atoms with Crippen LogP contribution in [0.15, 0.2) is 59.1 Å². The fourth-order valence-electron chi connectivity index (χ4n) is 1.78. The molecule has 19 heavy (non-hydrogen) atoms. The predicted molar refractivity (Wildman–Crippen MR) is 84.5 cm³/mol. The normalized spacial score (nSPS) is 10.6. The van der Waals surface area contributed by atoms with Crippen LogP contribution in [-0.2, 0) is 0 Å². The van der Waals surface area contributed by atoms with Gasteiger partial charge in [-0.15, -0.1) is 0 Å². The molecule has 3 rings (SSSR count). The fourth-order valence-corrected chi connectivity index (χ4v) is 2.14. The van der Waals surface area contributed by atoms with E-state index in [4.69, 9.17) is 10.2 Å². The van der Waals surface area contributed by atoms with E-state index in [2.05, 4.69) is 27.6 Å². The van der Waals surface area contributed by atoms with Crippen molar-refractivity contribution in [3.8, 4) is 22.8 Å². The third-order valence-electron chi connectivity index (χ3n) is 2.79. The molecule has 94 valence electrons. The van der Waals surface area contributed by atoms with Gasteiger partial charge in [0, 0.05) is 20.4 Å². The lowest BCUT2D eigenvalue weighted by molar-refractivity contribution is 0.589. The molecule has 2 N–H and O–H groups in total. The lowest BCUT2D eigenvalue weighted by atomic mass is 10.2. The van der Waals surface area contributed by atoms with Gasteiger partial charge in [-0.1, -0.05) is 12.1 Å². The van der Waals surface area contributed by atoms with Crippen molar-refractivity contribution in [1.82, 2.24) is 4.98 Å². The molecule has 0 atom stereocenters. The van der Waals surface area contributed by atoms with Gasteiger partial charge in [0.05, 0.1) is 6.20 Å². The van der Waals surface area contributed by atoms with E-state index in [-0.39, 0.29) is 0 Å². The minimum atomic E-state index is 0.605. The molecule has 1 aromatic heterocycles. The van der Waals surface area contributed by atoms with Gasteiger partial charge >= 0.3 is 0 Å². The summed E-state index contributed by atoms with van der Waals surface area (Å²) in [5.41, 5.74) is 8.34. The molecule has 0 fully saturated rings. The summed E-state index contributed by atoms with van der Waals surface area (Å²) in [6, 6.07) is 15.6. The molecule has 2 aromatic carbocycles. The van der Waals surface area contributed by atoms with Gasteiger partial charge in [0.15, 0.2) is 5.76 Å². The van der Waals surface area contributed by atoms with E-state index in [1.54, 1.807) is 6.20 Å². The highest BCUT2D eigenvalue weighted by Crippen LogP contribution is 2.26. The Morgan fingerprint density at radius 3 is 2.21 bits per heavy atom. The molecule has 0 saturated carbocycles. The quantitative estimate of drug-likeness (QED) is 0.549. The summed E-state index contributed by atoms with van der Waals surface area (Å²) in [5.74, 6) is 1.37. The molecular weight excluding hydrogens is 351 g/mol. The van der Waals surface area contributed by atoms with Crippen LogP contribution >= 0.6 is 22.6 Å². The predicted octanol–water partition coefficient (Wildman–Crippen LogP) is 4.20. The van der Waals surface area contributed by atoms with Crippen molar-refractivity contribution in [3.63, 3.8) is 0 Å². The first-order valence-corrected chi connectivity index (χ1v) is 6.88. The maximum atomic E-state index is 5.78. The highest BCUT2D eigenvalue weighted by Gasteiger charge is 2.08. The molecular formula is C15H11IN2O. The highest BCUT2D eigenvalue weighted by atomic mass is 127. The maximum Gasteiger partial charge on any atom is 0.226 e. The third kappa shape index (κ3) is 2.63. The second kappa shape index (κ2) is 5.05. The topological polar surface area (TPSA) is 52.0 Å². The van der Waals surface area contributed by atoms with Gasteiger partial charge in [-0.2, -0.15) is 0 Å². The Kier molecular flexibility index (Phi) is 3.25. The number of aromatic nitrogens is 1. The first-order valence-electron chi connectivity index (χ1n) is 5.80. The van der Waals surface area contributed by atoms with Crippen molar-refractivity contribution in [2.24, 2.45) is 0 Å². The van der Waals surface area contributed by atoms with Crippen molar-refractivity contribution < 1.29 is 4.42 Å². The van der Waals surface area contributed by atoms with Crippen LogP contribution in [0.3, 0.4) is 0 Å². The number of benzene rings is 2. The Hall–Kier alpha value is -1.82. The Morgan fingerprint density at radius 2 is 1.53 bits per heavy atom. The molecule has 0 spiro atoms. The zero-order chi connectivity index (χ0) is 13.2. The molecule has 0 unspecified atom stereocenters. The fraction of sp³-hybridized carbons (Fsp3) is 0. The Morgan fingerprint density at radius 1 is 0.895 bits per heavy atom. The second-order valence-electron chi connectivity index (χ2n) is 4.16. The van der Waals surface area contributed by atoms with Crippen molar-refractivity contribution in [2.75, 3.05) is 5.73 Å². The van der Waals surface area contributed by atoms with E-state index in [1.807, 2.05) is 48.5 Å². The van der Waals surface area contributed by atoms with Crippen molar-refractivity contribution in [2.45, 2.75) is 0 Å². The van der Waals surface area contributed by atoms with E-state index < -0.39 is 0 Å². The van der Waals surface area contributed by atoms with Crippen LogP contribution in [0.25, 0.3) is 22.8 Å². The molecule has 4 heteroatoms. The van der Waals surface area contributed by atoms with E-state index >= 15 is 0 Å². The minimum Gasteiger partial charge on any atom is -0.436 e. The Labute approximate surface area is 124 Å². The molecule has 0 amide bonds. The van der Waals surface area contributed by atoms with E-state index in [0.717, 1.165) is 22.6 Å². The summed E-state index contributed by atoms with van der Waals surface area (Å²) in [6.07, 6.45) is 1.74. The summed E-state index contributed by atoms with van der Waals surface area (Å²) >= 11 is 2.28. The standard InChI is InChI=1S/C15H11IN2O/c16-12-5-1-10(2-6-12)14-9-18-15(19-14)11-3-7-13(17)8-4-11/h1-9H,17H2. The van der Waals surface area contributed by atoms with Gasteiger partial charge in [-0.25, -0.2) is 4.98 Å². The monoisotopic (exact) mass is 362 g/mol. The van der Waals surface area contributed by atoms with Crippen LogP contribution in [0.4, 0.5) is 5.69 Å². The Balaban J connectivity index is 1.95. The zero-order valence-electron chi connectivity index (χ0n) is 10.0. The molecule has 0 bridgehead atoms. The van der Waals surface area contributed by atoms with Gasteiger partial charge in [0.2, 0.25) is 5.89 Å². The number of anilines is 1. The van der Waals surface area contributed by atoms with Crippen LogP contribution in [0.5, 0.6) is 0 Å². The lowest BCUT2D eigenvalue weighted by Crippen LogP contribution is -1.83. The molecule has 3 aromatic rings. The van der Waals surface area contributed by atoms with Gasteiger partial charge in [-0.3, -0.25) is 0 Å². The number of oxazole rings is 1. The molecule has 3 nitrogen and oxygen atoms in total. The van der Waals surface area contributed by atoms with Crippen molar-refractivity contribution in [1.29, 1.82) is 0 Å². The molecule has 1 heterocycles. The maximum absolute atomic E-state index is 5.78. The number of halogens is 1. The first-order chi connectivity index (χ1) is 9.22. The van der Waals surface area contributed by atoms with Crippen LogP contribution in [0.1, 0.15) is 0 Å². The average molecular weight is 362 g/mol. The van der Waals surface area contributed by atoms with E-state index in [0.29, 0.717) is 5.89 Å². The first kappa shape index (κ1) is 12.2. The number of nitrogens with zero attached hydrogens (tertiary/aromatic N) is 1. The Bertz CT molecular complexity index is 627. The molecule has 0 saturated heterocycles. The summed E-state index contributed by atoms with van der Waals surface area (Å²) in [6.45, 7) is 0. The van der Waals surface area contributed by atoms with Gasteiger partial charge in [-0.05, 0) is 59.0 Å². The molecule has 0 aliphatic carbocycles. The largest absolute Gasteiger partial charge is 0.436 e. The minimum absolute atomic E-state index is 0.605. The molecule has 0 radical (unpaired) electrons. The van der Waals surface area contributed by atoms with E-state index in [1.165, 1.54) is 3.57 Å². The summed E-state index contributed by atoms with van der Waals surface area (Å²) in [5, 5.41) is 0. The second-order valence-corrected chi connectivity index (χ2v) is 5.40. The van der Waals surface area contributed by atoms with Gasteiger partial charge < -0.3 is 10.2 Å². The number of hydrogen-bond acceptors (Lipinski definition) is 3. The van der Waals surface area contributed by atoms with E-state index in [9.17, 15) is 0 Å². The average Bonchev–Trinajstić information content (AvgIpc) is 2.90. The smallest absolute Gasteiger partial charge is 0.226 e. The van der Waals surface area contributed by atoms with Crippen LogP contribution < -0.4 is 5.73 Å². The van der Waals surface area contributed by atoms with Gasteiger partial charge in [0.25, 0.3) is 0 Å². The number of hydrogen-bond donors (Lipinski definition) is 1. The number of nitrogens with two attached hydrogens (primary N) is 1. The number of nitrogen functional groups attached to an aromatic ring is 1. The van der Waals surface area contributed by atoms with Crippen molar-refractivity contribution >= 4 is 28.3 Å². The van der Waals surface area contributed by atoms with Gasteiger partial charge in [0.1, 0.15) is 0 Å². The summed E-state index contributed by atoms with van der Waals surface area (Å²) in [4.78, 5) is 4.31.